The highest BCUT2D eigenvalue weighted by molar-refractivity contribution is 6.30. The van der Waals surface area contributed by atoms with Gasteiger partial charge in [-0.05, 0) is 73.6 Å². The molecule has 0 atom stereocenters. The zero-order valence-electron chi connectivity index (χ0n) is 19.4. The number of carbonyl (C=O) groups excluding carboxylic acids is 1. The Morgan fingerprint density at radius 3 is 2.47 bits per heavy atom. The van der Waals surface area contributed by atoms with Crippen molar-refractivity contribution in [2.45, 2.75) is 44.9 Å². The highest BCUT2D eigenvalue weighted by Crippen LogP contribution is 2.37. The molecule has 0 radical (unpaired) electrons. The molecule has 5 heteroatoms. The minimum Gasteiger partial charge on any atom is -0.379 e. The number of halogens is 1. The summed E-state index contributed by atoms with van der Waals surface area (Å²) in [7, 11) is 0. The molecule has 0 fully saturated rings. The molecule has 0 aliphatic carbocycles. The maximum atomic E-state index is 11.8. The quantitative estimate of drug-likeness (QED) is 0.192. The molecule has 176 valence electrons. The molecule has 4 rings (SSSR count). The van der Waals surface area contributed by atoms with Crippen molar-refractivity contribution >= 4 is 28.9 Å². The lowest BCUT2D eigenvalue weighted by Crippen LogP contribution is -2.24. The second-order valence-electron chi connectivity index (χ2n) is 8.54. The minimum atomic E-state index is -0.249. The third kappa shape index (κ3) is 6.64. The first-order valence-corrected chi connectivity index (χ1v) is 12.4. The number of anilines is 2. The van der Waals surface area contributed by atoms with Crippen LogP contribution in [0.25, 0.3) is 0 Å². The molecule has 1 amide bonds. The van der Waals surface area contributed by atoms with Gasteiger partial charge in [0.15, 0.2) is 5.75 Å². The number of rotatable bonds is 10. The number of nitrogens with one attached hydrogen (secondary N) is 1. The normalized spacial score (nSPS) is 12.7. The number of fused-ring (bicyclic) bond motifs is 2. The van der Waals surface area contributed by atoms with Crippen molar-refractivity contribution in [2.75, 3.05) is 11.4 Å². The lowest BCUT2D eigenvalue weighted by Gasteiger charge is -2.27. The van der Waals surface area contributed by atoms with Crippen LogP contribution in [0.5, 0.6) is 5.75 Å². The Kier molecular flexibility index (Phi) is 8.64. The first kappa shape index (κ1) is 23.9. The zero-order valence-corrected chi connectivity index (χ0v) is 20.1. The fraction of sp³-hybridized carbons (Fsp3) is 0.276. The highest BCUT2D eigenvalue weighted by Gasteiger charge is 2.20. The fourth-order valence-corrected chi connectivity index (χ4v) is 4.50. The van der Waals surface area contributed by atoms with Crippen molar-refractivity contribution in [1.29, 1.82) is 0 Å². The number of hydrogen-bond acceptors (Lipinski definition) is 3. The summed E-state index contributed by atoms with van der Waals surface area (Å²) in [5.74, 6) is 0.363. The molecule has 0 spiro atoms. The average Bonchev–Trinajstić information content (AvgIpc) is 3.01. The Bertz CT molecular complexity index is 1110. The van der Waals surface area contributed by atoms with Gasteiger partial charge in [-0.15, -0.1) is 0 Å². The van der Waals surface area contributed by atoms with Gasteiger partial charge >= 0.3 is 0 Å². The van der Waals surface area contributed by atoms with Crippen molar-refractivity contribution in [3.63, 3.8) is 0 Å². The van der Waals surface area contributed by atoms with Gasteiger partial charge in [0.1, 0.15) is 0 Å². The van der Waals surface area contributed by atoms with Crippen LogP contribution in [0.3, 0.4) is 0 Å². The van der Waals surface area contributed by atoms with Crippen molar-refractivity contribution < 1.29 is 9.63 Å². The Morgan fingerprint density at radius 2 is 1.62 bits per heavy atom. The van der Waals surface area contributed by atoms with E-state index in [1.165, 1.54) is 28.6 Å². The topological polar surface area (TPSA) is 41.6 Å². The summed E-state index contributed by atoms with van der Waals surface area (Å²) in [6.45, 7) is 0.972. The van der Waals surface area contributed by atoms with Gasteiger partial charge in [-0.2, -0.15) is 5.48 Å². The van der Waals surface area contributed by atoms with E-state index < -0.39 is 0 Å². The second kappa shape index (κ2) is 12.3. The van der Waals surface area contributed by atoms with Crippen LogP contribution in [0.15, 0.2) is 84.9 Å². The fourth-order valence-electron chi connectivity index (χ4n) is 4.33. The van der Waals surface area contributed by atoms with Crippen molar-refractivity contribution in [2.24, 2.45) is 0 Å². The van der Waals surface area contributed by atoms with Crippen LogP contribution < -0.4 is 15.2 Å². The molecule has 1 aliphatic rings. The molecule has 1 heterocycles. The van der Waals surface area contributed by atoms with Gasteiger partial charge in [0.25, 0.3) is 5.91 Å². The Morgan fingerprint density at radius 1 is 0.882 bits per heavy atom. The largest absolute Gasteiger partial charge is 0.379 e. The number of allylic oxidation sites excluding steroid dienone is 1. The molecule has 34 heavy (non-hydrogen) atoms. The number of nitrogens with zero attached hydrogens (tertiary/aromatic N) is 1. The Hall–Kier alpha value is -3.24. The van der Waals surface area contributed by atoms with Crippen molar-refractivity contribution in [3.8, 4) is 5.75 Å². The van der Waals surface area contributed by atoms with Crippen LogP contribution in [0.4, 0.5) is 11.4 Å². The minimum absolute atomic E-state index is 0.249. The van der Waals surface area contributed by atoms with Gasteiger partial charge in [-0.1, -0.05) is 73.0 Å². The maximum Gasteiger partial charge on any atom is 0.276 e. The summed E-state index contributed by atoms with van der Waals surface area (Å²) in [5, 5.41) is 0.785. The van der Waals surface area contributed by atoms with Crippen molar-refractivity contribution in [3.05, 3.63) is 101 Å². The summed E-state index contributed by atoms with van der Waals surface area (Å²) in [5.41, 5.74) is 7.73. The number of hydroxylamine groups is 1. The molecule has 4 nitrogen and oxygen atoms in total. The van der Waals surface area contributed by atoms with E-state index in [0.717, 1.165) is 56.5 Å². The van der Waals surface area contributed by atoms with Gasteiger partial charge < -0.3 is 9.74 Å². The number of hydrogen-bond donors (Lipinski definition) is 1. The van der Waals surface area contributed by atoms with Gasteiger partial charge in [-0.25, -0.2) is 0 Å². The zero-order chi connectivity index (χ0) is 23.6. The van der Waals surface area contributed by atoms with Crippen LogP contribution in [-0.2, 0) is 17.6 Å². The van der Waals surface area contributed by atoms with Gasteiger partial charge in [0.05, 0.1) is 0 Å². The molecule has 0 unspecified atom stereocenters. The van der Waals surface area contributed by atoms with E-state index in [1.807, 2.05) is 30.3 Å². The summed E-state index contributed by atoms with van der Waals surface area (Å²) >= 11 is 6.36. The summed E-state index contributed by atoms with van der Waals surface area (Å²) in [6.07, 6.45) is 10.9. The van der Waals surface area contributed by atoms with E-state index in [4.69, 9.17) is 16.4 Å². The van der Waals surface area contributed by atoms with E-state index in [1.54, 1.807) is 12.1 Å². The molecular formula is C29H31ClN2O2. The van der Waals surface area contributed by atoms with E-state index >= 15 is 0 Å². The molecule has 3 aromatic carbocycles. The molecule has 1 aliphatic heterocycles. The molecule has 0 saturated heterocycles. The lowest BCUT2D eigenvalue weighted by atomic mass is 10.0. The van der Waals surface area contributed by atoms with Gasteiger partial charge in [0, 0.05) is 29.0 Å². The van der Waals surface area contributed by atoms with Crippen LogP contribution in [0, 0.1) is 0 Å². The smallest absolute Gasteiger partial charge is 0.276 e. The van der Waals surface area contributed by atoms with Gasteiger partial charge in [-0.3, -0.25) is 4.79 Å². The Balaban J connectivity index is 1.21. The number of para-hydroxylation sites is 2. The molecular weight excluding hydrogens is 444 g/mol. The molecule has 3 aromatic rings. The first-order chi connectivity index (χ1) is 16.7. The summed E-state index contributed by atoms with van der Waals surface area (Å²) in [6, 6.07) is 24.2. The highest BCUT2D eigenvalue weighted by atomic mass is 35.5. The average molecular weight is 475 g/mol. The number of carbonyl (C=O) groups is 1. The van der Waals surface area contributed by atoms with E-state index in [-0.39, 0.29) is 5.91 Å². The van der Waals surface area contributed by atoms with E-state index in [2.05, 4.69) is 46.8 Å². The number of unbranched alkanes of at least 4 members (excludes halogenated alkanes) is 4. The first-order valence-electron chi connectivity index (χ1n) is 12.0. The lowest BCUT2D eigenvalue weighted by molar-refractivity contribution is -0.122. The molecule has 0 bridgehead atoms. The number of amides is 1. The van der Waals surface area contributed by atoms with Crippen LogP contribution in [0.1, 0.15) is 43.2 Å². The number of benzene rings is 3. The SMILES string of the molecule is O=C(/C=C/CCCCCCN1c2ccccc2CCc2ccc(Cl)cc21)NOc1ccccc1. The predicted molar refractivity (Wildman–Crippen MR) is 140 cm³/mol. The van der Waals surface area contributed by atoms with Crippen molar-refractivity contribution in [1.82, 2.24) is 5.48 Å². The maximum absolute atomic E-state index is 11.8. The van der Waals surface area contributed by atoms with Crippen LogP contribution >= 0.6 is 11.6 Å². The van der Waals surface area contributed by atoms with E-state index in [0.29, 0.717) is 5.75 Å². The molecule has 0 aromatic heterocycles. The molecule has 0 saturated carbocycles. The third-order valence-corrected chi connectivity index (χ3v) is 6.30. The van der Waals surface area contributed by atoms with Crippen LogP contribution in [-0.4, -0.2) is 12.5 Å². The molecule has 1 N–H and O–H groups in total. The predicted octanol–water partition coefficient (Wildman–Crippen LogP) is 7.19. The van der Waals surface area contributed by atoms with Crippen LogP contribution in [0.2, 0.25) is 5.02 Å². The monoisotopic (exact) mass is 474 g/mol. The Labute approximate surface area is 207 Å². The number of aryl methyl sites for hydroxylation is 2. The standard InChI is InChI=1S/C29H31ClN2O2/c30-25-20-19-24-18-17-23-12-9-10-15-27(23)32(28(24)22-25)21-11-4-2-1-3-8-16-29(33)31-34-26-13-6-5-7-14-26/h5-10,12-16,19-20,22H,1-4,11,17-18,21H2,(H,31,33)/b16-8+. The van der Waals surface area contributed by atoms with Gasteiger partial charge in [0.2, 0.25) is 0 Å². The summed E-state index contributed by atoms with van der Waals surface area (Å²) in [4.78, 5) is 19.5. The van der Waals surface area contributed by atoms with E-state index in [9.17, 15) is 4.79 Å². The summed E-state index contributed by atoms with van der Waals surface area (Å²) < 4.78 is 0. The second-order valence-corrected chi connectivity index (χ2v) is 8.98. The third-order valence-electron chi connectivity index (χ3n) is 6.07.